The fraction of sp³-hybridized carbons (Fsp3) is 0.308. The molecule has 1 aromatic carbocycles. The second kappa shape index (κ2) is 5.00. The molecule has 0 aliphatic carbocycles. The van der Waals surface area contributed by atoms with Crippen LogP contribution < -0.4 is 16.0 Å². The molecule has 96 valence electrons. The van der Waals surface area contributed by atoms with Gasteiger partial charge in [-0.3, -0.25) is 9.89 Å². The summed E-state index contributed by atoms with van der Waals surface area (Å²) in [7, 11) is 1.60. The molecule has 2 aromatic rings. The Balaban J connectivity index is 2.43. The maximum absolute atomic E-state index is 12.0. The van der Waals surface area contributed by atoms with Crippen LogP contribution in [0.25, 0.3) is 5.69 Å². The van der Waals surface area contributed by atoms with Crippen LogP contribution in [-0.2, 0) is 6.42 Å². The van der Waals surface area contributed by atoms with E-state index in [0.29, 0.717) is 5.69 Å². The molecule has 0 saturated carbocycles. The number of aryl methyl sites for hydroxylation is 1. The Morgan fingerprint density at radius 1 is 1.33 bits per heavy atom. The third-order valence-electron chi connectivity index (χ3n) is 2.84. The molecule has 18 heavy (non-hydrogen) atoms. The number of methoxy groups -OCH3 is 1. The van der Waals surface area contributed by atoms with Crippen molar-refractivity contribution >= 4 is 5.69 Å². The average Bonchev–Trinajstić information content (AvgIpc) is 2.68. The van der Waals surface area contributed by atoms with Crippen molar-refractivity contribution in [2.75, 3.05) is 12.8 Å². The van der Waals surface area contributed by atoms with Crippen LogP contribution in [0.2, 0.25) is 0 Å². The van der Waals surface area contributed by atoms with Gasteiger partial charge in [-0.25, -0.2) is 4.68 Å². The van der Waals surface area contributed by atoms with Crippen LogP contribution in [0.1, 0.15) is 19.0 Å². The molecule has 0 aliphatic rings. The van der Waals surface area contributed by atoms with E-state index in [9.17, 15) is 4.79 Å². The van der Waals surface area contributed by atoms with Crippen molar-refractivity contribution < 1.29 is 4.74 Å². The minimum atomic E-state index is -0.205. The Kier molecular flexibility index (Phi) is 3.41. The van der Waals surface area contributed by atoms with Gasteiger partial charge in [0.2, 0.25) is 0 Å². The number of rotatable bonds is 4. The maximum Gasteiger partial charge on any atom is 0.294 e. The summed E-state index contributed by atoms with van der Waals surface area (Å²) in [6.07, 6.45) is 1.71. The highest BCUT2D eigenvalue weighted by Gasteiger charge is 2.11. The molecular formula is C13H17N3O2. The molecule has 0 radical (unpaired) electrons. The van der Waals surface area contributed by atoms with E-state index in [-0.39, 0.29) is 5.56 Å². The molecule has 0 unspecified atom stereocenters. The van der Waals surface area contributed by atoms with Crippen molar-refractivity contribution in [1.29, 1.82) is 0 Å². The van der Waals surface area contributed by atoms with Gasteiger partial charge in [-0.15, -0.1) is 0 Å². The van der Waals surface area contributed by atoms with Gasteiger partial charge in [0.25, 0.3) is 5.56 Å². The first kappa shape index (κ1) is 12.3. The average molecular weight is 247 g/mol. The molecule has 5 nitrogen and oxygen atoms in total. The van der Waals surface area contributed by atoms with E-state index < -0.39 is 0 Å². The summed E-state index contributed by atoms with van der Waals surface area (Å²) >= 11 is 0. The first-order valence-electron chi connectivity index (χ1n) is 5.91. The van der Waals surface area contributed by atoms with Gasteiger partial charge in [-0.2, -0.15) is 0 Å². The van der Waals surface area contributed by atoms with E-state index >= 15 is 0 Å². The molecule has 0 aliphatic heterocycles. The van der Waals surface area contributed by atoms with Gasteiger partial charge in [0.1, 0.15) is 11.4 Å². The second-order valence-corrected chi connectivity index (χ2v) is 4.09. The Morgan fingerprint density at radius 2 is 2.00 bits per heavy atom. The van der Waals surface area contributed by atoms with Gasteiger partial charge in [0.05, 0.1) is 18.5 Å². The Labute approximate surface area is 105 Å². The third kappa shape index (κ3) is 2.11. The summed E-state index contributed by atoms with van der Waals surface area (Å²) in [4.78, 5) is 12.0. The molecule has 0 atom stereocenters. The van der Waals surface area contributed by atoms with Gasteiger partial charge in [-0.05, 0) is 30.7 Å². The first-order valence-corrected chi connectivity index (χ1v) is 5.91. The summed E-state index contributed by atoms with van der Waals surface area (Å²) in [6, 6.07) is 7.23. The van der Waals surface area contributed by atoms with Crippen molar-refractivity contribution in [3.8, 4) is 11.4 Å². The van der Waals surface area contributed by atoms with Crippen LogP contribution in [-0.4, -0.2) is 16.9 Å². The molecule has 0 amide bonds. The summed E-state index contributed by atoms with van der Waals surface area (Å²) < 4.78 is 6.54. The molecule has 0 spiro atoms. The van der Waals surface area contributed by atoms with Crippen LogP contribution in [0.15, 0.2) is 29.1 Å². The van der Waals surface area contributed by atoms with Crippen molar-refractivity contribution in [1.82, 2.24) is 9.78 Å². The summed E-state index contributed by atoms with van der Waals surface area (Å²) in [5, 5.41) is 3.04. The lowest BCUT2D eigenvalue weighted by molar-refractivity contribution is 0.414. The Bertz CT molecular complexity index is 581. The van der Waals surface area contributed by atoms with E-state index in [4.69, 9.17) is 10.5 Å². The number of H-pyrrole nitrogens is 1. The molecule has 1 heterocycles. The molecule has 0 fully saturated rings. The van der Waals surface area contributed by atoms with E-state index in [2.05, 4.69) is 5.10 Å². The highest BCUT2D eigenvalue weighted by Crippen LogP contribution is 2.15. The second-order valence-electron chi connectivity index (χ2n) is 4.09. The van der Waals surface area contributed by atoms with E-state index in [1.54, 1.807) is 19.2 Å². The molecular weight excluding hydrogens is 230 g/mol. The SMILES string of the molecule is CCCc1[nH]n(-c2ccc(OC)cc2)c(=O)c1N. The number of nitrogens with one attached hydrogen (secondary N) is 1. The standard InChI is InChI=1S/C13H17N3O2/c1-3-4-11-12(14)13(17)16(15-11)9-5-7-10(18-2)8-6-9/h5-8,15H,3-4,14H2,1-2H3. The van der Waals surface area contributed by atoms with Gasteiger partial charge in [-0.1, -0.05) is 13.3 Å². The van der Waals surface area contributed by atoms with Gasteiger partial charge >= 0.3 is 0 Å². The molecule has 5 heteroatoms. The van der Waals surface area contributed by atoms with Crippen molar-refractivity contribution in [2.24, 2.45) is 0 Å². The topological polar surface area (TPSA) is 73.0 Å². The summed E-state index contributed by atoms with van der Waals surface area (Å²) in [6.45, 7) is 2.04. The largest absolute Gasteiger partial charge is 0.497 e. The first-order chi connectivity index (χ1) is 8.67. The van der Waals surface area contributed by atoms with Crippen LogP contribution in [0.4, 0.5) is 5.69 Å². The highest BCUT2D eigenvalue weighted by molar-refractivity contribution is 5.45. The number of aromatic nitrogens is 2. The maximum atomic E-state index is 12.0. The predicted octanol–water partition coefficient (Wildman–Crippen LogP) is 1.71. The number of anilines is 1. The quantitative estimate of drug-likeness (QED) is 0.863. The number of aromatic amines is 1. The summed E-state index contributed by atoms with van der Waals surface area (Å²) in [5.41, 5.74) is 7.42. The number of nitrogens with two attached hydrogens (primary N) is 1. The van der Waals surface area contributed by atoms with Gasteiger partial charge in [0.15, 0.2) is 0 Å². The molecule has 0 bridgehead atoms. The number of hydrogen-bond acceptors (Lipinski definition) is 3. The fourth-order valence-electron chi connectivity index (χ4n) is 1.85. The van der Waals surface area contributed by atoms with Crippen LogP contribution in [0.5, 0.6) is 5.75 Å². The van der Waals surface area contributed by atoms with Crippen LogP contribution >= 0.6 is 0 Å². The van der Waals surface area contributed by atoms with Crippen molar-refractivity contribution in [3.63, 3.8) is 0 Å². The molecule has 2 rings (SSSR count). The van der Waals surface area contributed by atoms with Crippen molar-refractivity contribution in [2.45, 2.75) is 19.8 Å². The lowest BCUT2D eigenvalue weighted by atomic mass is 10.2. The minimum Gasteiger partial charge on any atom is -0.497 e. The zero-order chi connectivity index (χ0) is 13.1. The number of hydrogen-bond donors (Lipinski definition) is 2. The number of nitrogens with zero attached hydrogens (tertiary/aromatic N) is 1. The molecule has 3 N–H and O–H groups in total. The minimum absolute atomic E-state index is 0.205. The fourth-order valence-corrected chi connectivity index (χ4v) is 1.85. The highest BCUT2D eigenvalue weighted by atomic mass is 16.5. The van der Waals surface area contributed by atoms with Crippen LogP contribution in [0.3, 0.4) is 0 Å². The monoisotopic (exact) mass is 247 g/mol. The van der Waals surface area contributed by atoms with Crippen LogP contribution in [0, 0.1) is 0 Å². The lowest BCUT2D eigenvalue weighted by Gasteiger charge is -2.03. The zero-order valence-corrected chi connectivity index (χ0v) is 10.6. The van der Waals surface area contributed by atoms with Gasteiger partial charge < -0.3 is 10.5 Å². The van der Waals surface area contributed by atoms with E-state index in [0.717, 1.165) is 30.0 Å². The van der Waals surface area contributed by atoms with Gasteiger partial charge in [0, 0.05) is 0 Å². The normalized spacial score (nSPS) is 10.6. The van der Waals surface area contributed by atoms with Crippen molar-refractivity contribution in [3.05, 3.63) is 40.3 Å². The number of nitrogen functional groups attached to an aromatic ring is 1. The lowest BCUT2D eigenvalue weighted by Crippen LogP contribution is -2.16. The Morgan fingerprint density at radius 3 is 2.56 bits per heavy atom. The summed E-state index contributed by atoms with van der Waals surface area (Å²) in [5.74, 6) is 0.750. The number of benzene rings is 1. The van der Waals surface area contributed by atoms with E-state index in [1.165, 1.54) is 4.68 Å². The third-order valence-corrected chi connectivity index (χ3v) is 2.84. The molecule has 0 saturated heterocycles. The molecule has 1 aromatic heterocycles. The predicted molar refractivity (Wildman–Crippen MR) is 71.3 cm³/mol. The Hall–Kier alpha value is -2.17. The number of ether oxygens (including phenoxy) is 1. The smallest absolute Gasteiger partial charge is 0.294 e. The zero-order valence-electron chi connectivity index (χ0n) is 10.6. The van der Waals surface area contributed by atoms with E-state index in [1.807, 2.05) is 19.1 Å².